The number of nitrogens with one attached hydrogen (secondary N) is 2. The Labute approximate surface area is 108 Å². The molecule has 0 aromatic rings. The van der Waals surface area contributed by atoms with Gasteiger partial charge in [0.15, 0.2) is 0 Å². The fraction of sp³-hybridized carbons (Fsp3) is 0.833. The van der Waals surface area contributed by atoms with Crippen LogP contribution in [0.4, 0.5) is 4.79 Å². The summed E-state index contributed by atoms with van der Waals surface area (Å²) < 4.78 is 0. The highest BCUT2D eigenvalue weighted by Gasteiger charge is 2.35. The Hall–Kier alpha value is -1.30. The molecule has 0 atom stereocenters. The number of amides is 2. The molecular formula is C12H23N3O3. The number of carboxylic acid groups (broad SMARTS) is 1. The first kappa shape index (κ1) is 14.8. The lowest BCUT2D eigenvalue weighted by Gasteiger charge is -2.31. The zero-order valence-corrected chi connectivity index (χ0v) is 11.2. The molecule has 0 aromatic carbocycles. The van der Waals surface area contributed by atoms with Gasteiger partial charge in [0, 0.05) is 32.7 Å². The number of nitrogens with zero attached hydrogens (tertiary/aromatic N) is 1. The number of urea groups is 1. The van der Waals surface area contributed by atoms with Gasteiger partial charge in [0.25, 0.3) is 0 Å². The number of carbonyl (C=O) groups excluding carboxylic acids is 1. The second kappa shape index (κ2) is 6.58. The van der Waals surface area contributed by atoms with E-state index >= 15 is 0 Å². The summed E-state index contributed by atoms with van der Waals surface area (Å²) in [5.74, 6) is -0.840. The van der Waals surface area contributed by atoms with Crippen molar-refractivity contribution in [2.45, 2.75) is 26.7 Å². The summed E-state index contributed by atoms with van der Waals surface area (Å²) in [6.07, 6.45) is 1.03. The number of rotatable bonds is 5. The zero-order chi connectivity index (χ0) is 13.6. The van der Waals surface area contributed by atoms with E-state index < -0.39 is 11.4 Å². The molecule has 3 N–H and O–H groups in total. The van der Waals surface area contributed by atoms with Crippen molar-refractivity contribution in [2.24, 2.45) is 5.41 Å². The van der Waals surface area contributed by atoms with E-state index in [1.54, 1.807) is 4.90 Å². The molecule has 0 saturated carbocycles. The van der Waals surface area contributed by atoms with Gasteiger partial charge in [-0.15, -0.1) is 0 Å². The van der Waals surface area contributed by atoms with Gasteiger partial charge >= 0.3 is 12.0 Å². The van der Waals surface area contributed by atoms with E-state index in [9.17, 15) is 14.7 Å². The standard InChI is InChI=1S/C12H23N3O3/c1-3-12(4-2,10(16)17)9-14-11(18)15-7-5-13-6-8-15/h13H,3-9H2,1-2H3,(H,14,18)(H,16,17). The molecule has 1 saturated heterocycles. The van der Waals surface area contributed by atoms with Crippen LogP contribution in [0.5, 0.6) is 0 Å². The monoisotopic (exact) mass is 257 g/mol. The highest BCUT2D eigenvalue weighted by Crippen LogP contribution is 2.25. The summed E-state index contributed by atoms with van der Waals surface area (Å²) in [7, 11) is 0. The zero-order valence-electron chi connectivity index (χ0n) is 11.2. The Morgan fingerprint density at radius 3 is 2.28 bits per heavy atom. The Balaban J connectivity index is 2.51. The van der Waals surface area contributed by atoms with Crippen molar-refractivity contribution in [1.29, 1.82) is 0 Å². The van der Waals surface area contributed by atoms with Crippen molar-refractivity contribution in [2.75, 3.05) is 32.7 Å². The van der Waals surface area contributed by atoms with E-state index in [0.29, 0.717) is 25.9 Å². The van der Waals surface area contributed by atoms with Gasteiger partial charge in [-0.2, -0.15) is 0 Å². The number of carbonyl (C=O) groups is 2. The van der Waals surface area contributed by atoms with Crippen LogP contribution in [0.1, 0.15) is 26.7 Å². The largest absolute Gasteiger partial charge is 0.481 e. The predicted molar refractivity (Wildman–Crippen MR) is 68.5 cm³/mol. The number of aliphatic carboxylic acids is 1. The predicted octanol–water partition coefficient (Wildman–Crippen LogP) is 0.492. The molecule has 0 aromatic heterocycles. The van der Waals surface area contributed by atoms with E-state index in [4.69, 9.17) is 0 Å². The molecule has 6 nitrogen and oxygen atoms in total. The van der Waals surface area contributed by atoms with Crippen LogP contribution in [0.15, 0.2) is 0 Å². The average Bonchev–Trinajstić information content (AvgIpc) is 2.41. The third kappa shape index (κ3) is 3.35. The summed E-state index contributed by atoms with van der Waals surface area (Å²) in [4.78, 5) is 24.9. The van der Waals surface area contributed by atoms with Gasteiger partial charge < -0.3 is 20.6 Å². The smallest absolute Gasteiger partial charge is 0.317 e. The molecule has 1 heterocycles. The van der Waals surface area contributed by atoms with Gasteiger partial charge in [-0.3, -0.25) is 4.79 Å². The van der Waals surface area contributed by atoms with Crippen molar-refractivity contribution in [3.8, 4) is 0 Å². The van der Waals surface area contributed by atoms with Gasteiger partial charge in [0.2, 0.25) is 0 Å². The number of carboxylic acids is 1. The quantitative estimate of drug-likeness (QED) is 0.669. The fourth-order valence-electron chi connectivity index (χ4n) is 2.10. The van der Waals surface area contributed by atoms with Crippen molar-refractivity contribution >= 4 is 12.0 Å². The second-order valence-corrected chi connectivity index (χ2v) is 4.69. The molecule has 0 radical (unpaired) electrons. The molecule has 18 heavy (non-hydrogen) atoms. The summed E-state index contributed by atoms with van der Waals surface area (Å²) in [5.41, 5.74) is -0.844. The van der Waals surface area contributed by atoms with Crippen molar-refractivity contribution in [1.82, 2.24) is 15.5 Å². The topological polar surface area (TPSA) is 81.7 Å². The minimum Gasteiger partial charge on any atom is -0.481 e. The molecule has 1 fully saturated rings. The molecule has 1 aliphatic rings. The number of hydrogen-bond donors (Lipinski definition) is 3. The van der Waals surface area contributed by atoms with Crippen LogP contribution >= 0.6 is 0 Å². The van der Waals surface area contributed by atoms with Crippen LogP contribution in [0, 0.1) is 5.41 Å². The van der Waals surface area contributed by atoms with Crippen molar-refractivity contribution < 1.29 is 14.7 Å². The maximum atomic E-state index is 11.9. The first-order valence-corrected chi connectivity index (χ1v) is 6.52. The van der Waals surface area contributed by atoms with Gasteiger partial charge in [-0.05, 0) is 12.8 Å². The third-order valence-corrected chi connectivity index (χ3v) is 3.79. The van der Waals surface area contributed by atoms with E-state index in [2.05, 4.69) is 10.6 Å². The Kier molecular flexibility index (Phi) is 5.40. The molecule has 0 bridgehead atoms. The van der Waals surface area contributed by atoms with Gasteiger partial charge in [-0.1, -0.05) is 13.8 Å². The van der Waals surface area contributed by atoms with Gasteiger partial charge in [0.1, 0.15) is 0 Å². The van der Waals surface area contributed by atoms with Crippen molar-refractivity contribution in [3.63, 3.8) is 0 Å². The minimum absolute atomic E-state index is 0.163. The van der Waals surface area contributed by atoms with E-state index in [0.717, 1.165) is 13.1 Å². The molecule has 0 aliphatic carbocycles. The van der Waals surface area contributed by atoms with Crippen LogP contribution in [0.2, 0.25) is 0 Å². The summed E-state index contributed by atoms with van der Waals surface area (Å²) >= 11 is 0. The lowest BCUT2D eigenvalue weighted by Crippen LogP contribution is -2.52. The summed E-state index contributed by atoms with van der Waals surface area (Å²) in [5, 5.41) is 15.2. The minimum atomic E-state index is -0.844. The van der Waals surface area contributed by atoms with E-state index in [-0.39, 0.29) is 12.6 Å². The lowest BCUT2D eigenvalue weighted by molar-refractivity contribution is -0.149. The first-order valence-electron chi connectivity index (χ1n) is 6.52. The Bertz CT molecular complexity index is 297. The van der Waals surface area contributed by atoms with Crippen molar-refractivity contribution in [3.05, 3.63) is 0 Å². The summed E-state index contributed by atoms with van der Waals surface area (Å²) in [6.45, 7) is 6.80. The molecule has 6 heteroatoms. The molecule has 1 aliphatic heterocycles. The second-order valence-electron chi connectivity index (χ2n) is 4.69. The lowest BCUT2D eigenvalue weighted by atomic mass is 9.82. The highest BCUT2D eigenvalue weighted by molar-refractivity contribution is 5.78. The SMILES string of the molecule is CCC(CC)(CNC(=O)N1CCNCC1)C(=O)O. The maximum absolute atomic E-state index is 11.9. The fourth-order valence-corrected chi connectivity index (χ4v) is 2.10. The number of piperazine rings is 1. The van der Waals surface area contributed by atoms with Gasteiger partial charge in [-0.25, -0.2) is 4.79 Å². The van der Waals surface area contributed by atoms with Gasteiger partial charge in [0.05, 0.1) is 5.41 Å². The highest BCUT2D eigenvalue weighted by atomic mass is 16.4. The van der Waals surface area contributed by atoms with Crippen LogP contribution in [0.25, 0.3) is 0 Å². The third-order valence-electron chi connectivity index (χ3n) is 3.79. The Morgan fingerprint density at radius 1 is 1.28 bits per heavy atom. The molecule has 0 unspecified atom stereocenters. The molecule has 104 valence electrons. The van der Waals surface area contributed by atoms with Crippen LogP contribution < -0.4 is 10.6 Å². The average molecular weight is 257 g/mol. The normalized spacial score (nSPS) is 16.4. The first-order chi connectivity index (χ1) is 8.55. The van der Waals surface area contributed by atoms with Crippen LogP contribution in [0.3, 0.4) is 0 Å². The Morgan fingerprint density at radius 2 is 1.83 bits per heavy atom. The summed E-state index contributed by atoms with van der Waals surface area (Å²) in [6, 6.07) is -0.163. The molecular weight excluding hydrogens is 234 g/mol. The molecule has 0 spiro atoms. The maximum Gasteiger partial charge on any atom is 0.317 e. The van der Waals surface area contributed by atoms with Crippen LogP contribution in [-0.2, 0) is 4.79 Å². The molecule has 1 rings (SSSR count). The van der Waals surface area contributed by atoms with E-state index in [1.165, 1.54) is 0 Å². The van der Waals surface area contributed by atoms with E-state index in [1.807, 2.05) is 13.8 Å². The van der Waals surface area contributed by atoms with Crippen LogP contribution in [-0.4, -0.2) is 54.7 Å². The number of hydrogen-bond acceptors (Lipinski definition) is 3. The molecule has 2 amide bonds.